The predicted molar refractivity (Wildman–Crippen MR) is 73.0 cm³/mol. The highest BCUT2D eigenvalue weighted by Crippen LogP contribution is 2.34. The monoisotopic (exact) mass is 338 g/mol. The first-order chi connectivity index (χ1) is 6.76. The van der Waals surface area contributed by atoms with Crippen molar-refractivity contribution in [2.45, 2.75) is 26.2 Å². The maximum absolute atomic E-state index is 3.65. The summed E-state index contributed by atoms with van der Waals surface area (Å²) in [5.41, 5.74) is 0.402. The summed E-state index contributed by atoms with van der Waals surface area (Å²) < 4.78 is 0. The van der Waals surface area contributed by atoms with Crippen molar-refractivity contribution >= 4 is 43.2 Å². The van der Waals surface area contributed by atoms with Gasteiger partial charge in [-0.25, -0.2) is 0 Å². The van der Waals surface area contributed by atoms with Crippen LogP contribution in [0.25, 0.3) is 0 Å². The van der Waals surface area contributed by atoms with Gasteiger partial charge in [0, 0.05) is 15.5 Å². The van der Waals surface area contributed by atoms with Gasteiger partial charge in [0.05, 0.1) is 0 Å². The van der Waals surface area contributed by atoms with E-state index in [1.54, 1.807) is 0 Å². The molecule has 0 atom stereocenters. The molecule has 0 aliphatic carbocycles. The van der Waals surface area contributed by atoms with Crippen LogP contribution in [0.4, 0.5) is 0 Å². The summed E-state index contributed by atoms with van der Waals surface area (Å²) in [6, 6.07) is 4.37. The average Bonchev–Trinajstić information content (AvgIpc) is 2.69. The Hall–Kier alpha value is 0.660. The average molecular weight is 340 g/mol. The van der Waals surface area contributed by atoms with Gasteiger partial charge in [-0.1, -0.05) is 51.3 Å². The third-order valence-electron chi connectivity index (χ3n) is 2.48. The van der Waals surface area contributed by atoms with Crippen molar-refractivity contribution in [1.82, 2.24) is 0 Å². The van der Waals surface area contributed by atoms with Gasteiger partial charge < -0.3 is 0 Å². The van der Waals surface area contributed by atoms with Crippen molar-refractivity contribution in [3.05, 3.63) is 22.4 Å². The van der Waals surface area contributed by atoms with Crippen molar-refractivity contribution in [1.29, 1.82) is 0 Å². The second-order valence-electron chi connectivity index (χ2n) is 3.77. The molecular weight excluding hydrogens is 324 g/mol. The van der Waals surface area contributed by atoms with Gasteiger partial charge in [0.1, 0.15) is 0 Å². The number of thiophene rings is 1. The van der Waals surface area contributed by atoms with E-state index in [2.05, 4.69) is 56.3 Å². The topological polar surface area (TPSA) is 0 Å². The highest BCUT2D eigenvalue weighted by atomic mass is 79.9. The van der Waals surface area contributed by atoms with E-state index in [0.29, 0.717) is 5.41 Å². The molecule has 1 aromatic heterocycles. The molecule has 14 heavy (non-hydrogen) atoms. The predicted octanol–water partition coefficient (Wildman–Crippen LogP) is 4.87. The molecule has 1 heterocycles. The smallest absolute Gasteiger partial charge is 0.00994 e. The minimum absolute atomic E-state index is 0.402. The summed E-state index contributed by atoms with van der Waals surface area (Å²) in [5, 5.41) is 4.32. The highest BCUT2D eigenvalue weighted by molar-refractivity contribution is 9.09. The SMILES string of the molecule is CCCC(CBr)(CBr)Cc1cccs1. The highest BCUT2D eigenvalue weighted by Gasteiger charge is 2.27. The molecule has 0 N–H and O–H groups in total. The normalized spacial score (nSPS) is 11.9. The van der Waals surface area contributed by atoms with Crippen LogP contribution in [0.1, 0.15) is 24.6 Å². The lowest BCUT2D eigenvalue weighted by atomic mass is 9.84. The lowest BCUT2D eigenvalue weighted by molar-refractivity contribution is 0.354. The lowest BCUT2D eigenvalue weighted by Crippen LogP contribution is -2.27. The molecule has 0 radical (unpaired) electrons. The second-order valence-corrected chi connectivity index (χ2v) is 5.93. The van der Waals surface area contributed by atoms with E-state index in [-0.39, 0.29) is 0 Å². The van der Waals surface area contributed by atoms with Crippen molar-refractivity contribution in [2.24, 2.45) is 5.41 Å². The fourth-order valence-electron chi connectivity index (χ4n) is 1.67. The molecule has 0 unspecified atom stereocenters. The zero-order valence-corrected chi connectivity index (χ0v) is 12.4. The molecule has 0 bridgehead atoms. The first kappa shape index (κ1) is 12.7. The number of hydrogen-bond donors (Lipinski definition) is 0. The summed E-state index contributed by atoms with van der Waals surface area (Å²) in [4.78, 5) is 1.50. The maximum atomic E-state index is 3.65. The molecule has 80 valence electrons. The van der Waals surface area contributed by atoms with Crippen molar-refractivity contribution < 1.29 is 0 Å². The van der Waals surface area contributed by atoms with Gasteiger partial charge in [0.25, 0.3) is 0 Å². The number of rotatable bonds is 6. The molecule has 0 saturated heterocycles. The molecule has 0 amide bonds. The van der Waals surface area contributed by atoms with Crippen molar-refractivity contribution in [3.63, 3.8) is 0 Å². The fraction of sp³-hybridized carbons (Fsp3) is 0.636. The van der Waals surface area contributed by atoms with Crippen LogP contribution in [0.2, 0.25) is 0 Å². The molecule has 0 fully saturated rings. The molecule has 0 aliphatic heterocycles. The summed E-state index contributed by atoms with van der Waals surface area (Å²) >= 11 is 9.17. The molecule has 1 rings (SSSR count). The summed E-state index contributed by atoms with van der Waals surface area (Å²) in [5.74, 6) is 0. The van der Waals surface area contributed by atoms with E-state index in [1.165, 1.54) is 24.1 Å². The van der Waals surface area contributed by atoms with Gasteiger partial charge in [-0.05, 0) is 29.7 Å². The standard InChI is InChI=1S/C11H16Br2S/c1-2-5-11(8-12,9-13)7-10-4-3-6-14-10/h3-4,6H,2,5,7-9H2,1H3. The van der Waals surface area contributed by atoms with Crippen LogP contribution >= 0.6 is 43.2 Å². The van der Waals surface area contributed by atoms with Crippen molar-refractivity contribution in [2.75, 3.05) is 10.7 Å². The van der Waals surface area contributed by atoms with Gasteiger partial charge >= 0.3 is 0 Å². The first-order valence-corrected chi connectivity index (χ1v) is 8.03. The van der Waals surface area contributed by atoms with E-state index in [9.17, 15) is 0 Å². The van der Waals surface area contributed by atoms with Gasteiger partial charge in [0.2, 0.25) is 0 Å². The maximum Gasteiger partial charge on any atom is 0.00994 e. The zero-order chi connectivity index (χ0) is 10.4. The third kappa shape index (κ3) is 3.35. The van der Waals surface area contributed by atoms with Crippen LogP contribution < -0.4 is 0 Å². The minimum atomic E-state index is 0.402. The van der Waals surface area contributed by atoms with Crippen LogP contribution in [-0.4, -0.2) is 10.7 Å². The quantitative estimate of drug-likeness (QED) is 0.649. The number of hydrogen-bond acceptors (Lipinski definition) is 1. The molecule has 0 spiro atoms. The Morgan fingerprint density at radius 2 is 2.07 bits per heavy atom. The van der Waals surface area contributed by atoms with Gasteiger partial charge in [-0.3, -0.25) is 0 Å². The fourth-order valence-corrected chi connectivity index (χ4v) is 4.43. The van der Waals surface area contributed by atoms with Gasteiger partial charge in [0.15, 0.2) is 0 Å². The summed E-state index contributed by atoms with van der Waals surface area (Å²) in [7, 11) is 0. The molecule has 3 heteroatoms. The first-order valence-electron chi connectivity index (χ1n) is 4.90. The van der Waals surface area contributed by atoms with Crippen LogP contribution in [0.5, 0.6) is 0 Å². The summed E-state index contributed by atoms with van der Waals surface area (Å²) in [6.45, 7) is 2.26. The Morgan fingerprint density at radius 3 is 2.50 bits per heavy atom. The minimum Gasteiger partial charge on any atom is -0.149 e. The van der Waals surface area contributed by atoms with Crippen LogP contribution in [0.3, 0.4) is 0 Å². The largest absolute Gasteiger partial charge is 0.149 e. The third-order valence-corrected chi connectivity index (χ3v) is 5.73. The van der Waals surface area contributed by atoms with E-state index in [1.807, 2.05) is 11.3 Å². The second kappa shape index (κ2) is 6.29. The molecule has 0 aliphatic rings. The molecule has 0 aromatic carbocycles. The van der Waals surface area contributed by atoms with Crippen LogP contribution in [0, 0.1) is 5.41 Å². The molecule has 0 nitrogen and oxygen atoms in total. The molecule has 0 saturated carbocycles. The molecular formula is C11H16Br2S. The van der Waals surface area contributed by atoms with Crippen molar-refractivity contribution in [3.8, 4) is 0 Å². The summed E-state index contributed by atoms with van der Waals surface area (Å²) in [6.07, 6.45) is 3.72. The van der Waals surface area contributed by atoms with E-state index < -0.39 is 0 Å². The van der Waals surface area contributed by atoms with Gasteiger partial charge in [-0.2, -0.15) is 0 Å². The lowest BCUT2D eigenvalue weighted by Gasteiger charge is -2.29. The Bertz CT molecular complexity index is 240. The Morgan fingerprint density at radius 1 is 1.36 bits per heavy atom. The van der Waals surface area contributed by atoms with E-state index in [4.69, 9.17) is 0 Å². The number of halogens is 2. The van der Waals surface area contributed by atoms with E-state index >= 15 is 0 Å². The van der Waals surface area contributed by atoms with Crippen LogP contribution in [0.15, 0.2) is 17.5 Å². The Balaban J connectivity index is 2.67. The Labute approximate surface area is 107 Å². The Kier molecular flexibility index (Phi) is 5.72. The number of alkyl halides is 2. The van der Waals surface area contributed by atoms with Crippen LogP contribution in [-0.2, 0) is 6.42 Å². The van der Waals surface area contributed by atoms with E-state index in [0.717, 1.165) is 10.7 Å². The van der Waals surface area contributed by atoms with Gasteiger partial charge in [-0.15, -0.1) is 11.3 Å². The molecule has 1 aromatic rings. The zero-order valence-electron chi connectivity index (χ0n) is 8.43.